The van der Waals surface area contributed by atoms with Crippen LogP contribution in [0, 0.1) is 12.8 Å². The minimum atomic E-state index is -0.349. The summed E-state index contributed by atoms with van der Waals surface area (Å²) in [6, 6.07) is 5.73. The molecule has 2 aliphatic rings. The monoisotopic (exact) mass is 371 g/mol. The lowest BCUT2D eigenvalue weighted by Gasteiger charge is -2.29. The number of hydrogen-bond acceptors (Lipinski definition) is 4. The number of nitrogens with zero attached hydrogens (tertiary/aromatic N) is 2. The van der Waals surface area contributed by atoms with Crippen LogP contribution in [0.2, 0.25) is 0 Å². The summed E-state index contributed by atoms with van der Waals surface area (Å²) < 4.78 is 1.07. The SMILES string of the molecule is Cc1ccc2nc(NC(=O)[C@H]3CCCN3C(=O)C3CCCCC3)sc2c1. The van der Waals surface area contributed by atoms with Gasteiger partial charge in [0.2, 0.25) is 11.8 Å². The summed E-state index contributed by atoms with van der Waals surface area (Å²) in [5.41, 5.74) is 2.08. The van der Waals surface area contributed by atoms with Gasteiger partial charge in [-0.15, -0.1) is 0 Å². The second kappa shape index (κ2) is 7.35. The number of thiazole rings is 1. The van der Waals surface area contributed by atoms with E-state index in [1.807, 2.05) is 24.0 Å². The molecular formula is C20H25N3O2S. The number of amides is 2. The van der Waals surface area contributed by atoms with Crippen LogP contribution in [0.3, 0.4) is 0 Å². The topological polar surface area (TPSA) is 62.3 Å². The molecule has 1 aliphatic heterocycles. The van der Waals surface area contributed by atoms with Gasteiger partial charge in [0.25, 0.3) is 0 Å². The first-order valence-electron chi connectivity index (χ1n) is 9.60. The third-order valence-corrected chi connectivity index (χ3v) is 6.50. The zero-order chi connectivity index (χ0) is 18.1. The minimum absolute atomic E-state index is 0.0950. The van der Waals surface area contributed by atoms with Gasteiger partial charge in [0.15, 0.2) is 5.13 Å². The number of benzene rings is 1. The van der Waals surface area contributed by atoms with Crippen molar-refractivity contribution in [1.29, 1.82) is 0 Å². The number of aryl methyl sites for hydroxylation is 1. The predicted octanol–water partition coefficient (Wildman–Crippen LogP) is 4.11. The fourth-order valence-electron chi connectivity index (χ4n) is 4.16. The first-order valence-corrected chi connectivity index (χ1v) is 10.4. The molecule has 1 saturated carbocycles. The summed E-state index contributed by atoms with van der Waals surface area (Å²) in [7, 11) is 0. The Morgan fingerprint density at radius 2 is 1.96 bits per heavy atom. The molecule has 6 heteroatoms. The van der Waals surface area contributed by atoms with Crippen LogP contribution in [-0.2, 0) is 9.59 Å². The van der Waals surface area contributed by atoms with Crippen molar-refractivity contribution in [2.45, 2.75) is 57.9 Å². The Morgan fingerprint density at radius 1 is 1.15 bits per heavy atom. The van der Waals surface area contributed by atoms with Gasteiger partial charge in [-0.3, -0.25) is 9.59 Å². The van der Waals surface area contributed by atoms with E-state index in [4.69, 9.17) is 0 Å². The quantitative estimate of drug-likeness (QED) is 0.883. The maximum atomic E-state index is 12.9. The lowest BCUT2D eigenvalue weighted by atomic mass is 9.88. The van der Waals surface area contributed by atoms with Gasteiger partial charge < -0.3 is 10.2 Å². The fourth-order valence-corrected chi connectivity index (χ4v) is 5.13. The van der Waals surface area contributed by atoms with E-state index in [2.05, 4.69) is 16.4 Å². The summed E-state index contributed by atoms with van der Waals surface area (Å²) in [6.45, 7) is 2.75. The van der Waals surface area contributed by atoms with E-state index in [-0.39, 0.29) is 23.8 Å². The molecule has 1 aliphatic carbocycles. The minimum Gasteiger partial charge on any atom is -0.330 e. The maximum Gasteiger partial charge on any atom is 0.248 e. The molecule has 138 valence electrons. The largest absolute Gasteiger partial charge is 0.330 e. The molecule has 0 unspecified atom stereocenters. The van der Waals surface area contributed by atoms with Crippen molar-refractivity contribution in [2.75, 3.05) is 11.9 Å². The molecule has 2 amide bonds. The number of carbonyl (C=O) groups excluding carboxylic acids is 2. The summed E-state index contributed by atoms with van der Waals surface area (Å²) >= 11 is 1.49. The van der Waals surface area contributed by atoms with Crippen molar-refractivity contribution in [3.05, 3.63) is 23.8 Å². The highest BCUT2D eigenvalue weighted by atomic mass is 32.1. The molecule has 2 fully saturated rings. The highest BCUT2D eigenvalue weighted by Gasteiger charge is 2.37. The average molecular weight is 372 g/mol. The highest BCUT2D eigenvalue weighted by molar-refractivity contribution is 7.22. The lowest BCUT2D eigenvalue weighted by Crippen LogP contribution is -2.46. The lowest BCUT2D eigenvalue weighted by molar-refractivity contribution is -0.141. The number of carbonyl (C=O) groups is 2. The van der Waals surface area contributed by atoms with E-state index in [9.17, 15) is 9.59 Å². The second-order valence-electron chi connectivity index (χ2n) is 7.50. The van der Waals surface area contributed by atoms with E-state index >= 15 is 0 Å². The van der Waals surface area contributed by atoms with Crippen LogP contribution < -0.4 is 5.32 Å². The van der Waals surface area contributed by atoms with Crippen LogP contribution >= 0.6 is 11.3 Å². The first-order chi connectivity index (χ1) is 12.6. The van der Waals surface area contributed by atoms with E-state index < -0.39 is 0 Å². The predicted molar refractivity (Wildman–Crippen MR) is 104 cm³/mol. The van der Waals surface area contributed by atoms with Gasteiger partial charge in [-0.25, -0.2) is 4.98 Å². The van der Waals surface area contributed by atoms with Gasteiger partial charge in [-0.05, 0) is 50.3 Å². The van der Waals surface area contributed by atoms with Crippen LogP contribution in [0.15, 0.2) is 18.2 Å². The molecule has 0 spiro atoms. The number of likely N-dealkylation sites (tertiary alicyclic amines) is 1. The highest BCUT2D eigenvalue weighted by Crippen LogP contribution is 2.30. The zero-order valence-electron chi connectivity index (χ0n) is 15.2. The third-order valence-electron chi connectivity index (χ3n) is 5.57. The summed E-state index contributed by atoms with van der Waals surface area (Å²) in [5.74, 6) is 0.201. The Hall–Kier alpha value is -1.95. The average Bonchev–Trinajstić information content (AvgIpc) is 3.28. The number of fused-ring (bicyclic) bond motifs is 1. The van der Waals surface area contributed by atoms with Crippen LogP contribution in [0.1, 0.15) is 50.5 Å². The van der Waals surface area contributed by atoms with Gasteiger partial charge in [0, 0.05) is 12.5 Å². The third kappa shape index (κ3) is 3.47. The fraction of sp³-hybridized carbons (Fsp3) is 0.550. The molecule has 1 N–H and O–H groups in total. The standard InChI is InChI=1S/C20H25N3O2S/c1-13-9-10-15-17(12-13)26-20(21-15)22-18(24)16-8-5-11-23(16)19(25)14-6-3-2-4-7-14/h9-10,12,14,16H,2-8,11H2,1H3,(H,21,22,24)/t16-/m1/s1. The van der Waals surface area contributed by atoms with Crippen molar-refractivity contribution >= 4 is 38.5 Å². The Labute approximate surface area is 157 Å². The van der Waals surface area contributed by atoms with Crippen molar-refractivity contribution in [2.24, 2.45) is 5.92 Å². The van der Waals surface area contributed by atoms with E-state index in [0.29, 0.717) is 11.7 Å². The van der Waals surface area contributed by atoms with E-state index in [1.165, 1.54) is 23.3 Å². The number of aromatic nitrogens is 1. The Bertz CT molecular complexity index is 826. The molecule has 1 aromatic heterocycles. The molecule has 1 aromatic carbocycles. The van der Waals surface area contributed by atoms with E-state index in [0.717, 1.165) is 48.7 Å². The van der Waals surface area contributed by atoms with Gasteiger partial charge in [0.1, 0.15) is 6.04 Å². The maximum absolute atomic E-state index is 12.9. The molecular weight excluding hydrogens is 346 g/mol. The van der Waals surface area contributed by atoms with Crippen LogP contribution in [0.4, 0.5) is 5.13 Å². The molecule has 0 radical (unpaired) electrons. The van der Waals surface area contributed by atoms with Crippen molar-refractivity contribution in [3.63, 3.8) is 0 Å². The van der Waals surface area contributed by atoms with Crippen molar-refractivity contribution < 1.29 is 9.59 Å². The molecule has 5 nitrogen and oxygen atoms in total. The molecule has 2 aromatic rings. The van der Waals surface area contributed by atoms with Crippen LogP contribution in [0.25, 0.3) is 10.2 Å². The van der Waals surface area contributed by atoms with Crippen molar-refractivity contribution in [1.82, 2.24) is 9.88 Å². The van der Waals surface area contributed by atoms with Crippen molar-refractivity contribution in [3.8, 4) is 0 Å². The Balaban J connectivity index is 1.46. The molecule has 0 bridgehead atoms. The molecule has 2 heterocycles. The van der Waals surface area contributed by atoms with Gasteiger partial charge in [0.05, 0.1) is 10.2 Å². The van der Waals surface area contributed by atoms with Gasteiger partial charge in [-0.2, -0.15) is 0 Å². The molecule has 4 rings (SSSR count). The van der Waals surface area contributed by atoms with E-state index in [1.54, 1.807) is 0 Å². The second-order valence-corrected chi connectivity index (χ2v) is 8.53. The summed E-state index contributed by atoms with van der Waals surface area (Å²) in [4.78, 5) is 32.0. The summed E-state index contributed by atoms with van der Waals surface area (Å²) in [6.07, 6.45) is 7.08. The zero-order valence-corrected chi connectivity index (χ0v) is 16.0. The van der Waals surface area contributed by atoms with Gasteiger partial charge in [-0.1, -0.05) is 36.7 Å². The number of nitrogens with one attached hydrogen (secondary N) is 1. The Morgan fingerprint density at radius 3 is 2.77 bits per heavy atom. The summed E-state index contributed by atoms with van der Waals surface area (Å²) in [5, 5.41) is 3.57. The number of anilines is 1. The smallest absolute Gasteiger partial charge is 0.248 e. The molecule has 1 saturated heterocycles. The Kier molecular flexibility index (Phi) is 4.94. The molecule has 1 atom stereocenters. The number of hydrogen-bond donors (Lipinski definition) is 1. The number of rotatable bonds is 3. The normalized spacial score (nSPS) is 21.3. The van der Waals surface area contributed by atoms with Crippen LogP contribution in [0.5, 0.6) is 0 Å². The molecule has 26 heavy (non-hydrogen) atoms. The van der Waals surface area contributed by atoms with Gasteiger partial charge >= 0.3 is 0 Å². The first kappa shape index (κ1) is 17.5. The van der Waals surface area contributed by atoms with Crippen LogP contribution in [-0.4, -0.2) is 34.3 Å².